The number of nitrogens with two attached hydrogens (primary N) is 1. The molecule has 1 saturated heterocycles. The van der Waals surface area contributed by atoms with Crippen LogP contribution in [0.25, 0.3) is 22.2 Å². The molecular weight excluding hydrogens is 536 g/mol. The molecule has 226 valence electrons. The Hall–Kier alpha value is -3.32. The van der Waals surface area contributed by atoms with E-state index in [4.69, 9.17) is 15.5 Å². The summed E-state index contributed by atoms with van der Waals surface area (Å²) in [7, 11) is 0. The summed E-state index contributed by atoms with van der Waals surface area (Å²) >= 11 is 0. The van der Waals surface area contributed by atoms with Crippen molar-refractivity contribution in [1.82, 2.24) is 34.4 Å². The van der Waals surface area contributed by atoms with Gasteiger partial charge in [-0.05, 0) is 50.5 Å². The highest BCUT2D eigenvalue weighted by molar-refractivity contribution is 5.81. The van der Waals surface area contributed by atoms with Crippen LogP contribution in [-0.4, -0.2) is 86.6 Å². The second kappa shape index (κ2) is 10.7. The zero-order valence-electron chi connectivity index (χ0n) is 24.9. The van der Waals surface area contributed by atoms with Gasteiger partial charge >= 0.3 is 0 Å². The molecule has 12 nitrogen and oxygen atoms in total. The largest absolute Gasteiger partial charge is 0.508 e. The third-order valence-electron chi connectivity index (χ3n) is 8.98. The monoisotopic (exact) mass is 578 g/mol. The maximum absolute atomic E-state index is 10.9. The number of rotatable bonds is 8. The minimum Gasteiger partial charge on any atom is -0.508 e. The Labute approximate surface area is 245 Å². The Morgan fingerprint density at radius 1 is 1.14 bits per heavy atom. The first kappa shape index (κ1) is 28.8. The van der Waals surface area contributed by atoms with Gasteiger partial charge < -0.3 is 30.8 Å². The van der Waals surface area contributed by atoms with Crippen molar-refractivity contribution in [2.45, 2.75) is 102 Å². The highest BCUT2D eigenvalue weighted by Gasteiger charge is 2.46. The molecule has 4 atom stereocenters. The van der Waals surface area contributed by atoms with Crippen LogP contribution in [0, 0.1) is 5.92 Å². The van der Waals surface area contributed by atoms with E-state index in [-0.39, 0.29) is 17.3 Å². The van der Waals surface area contributed by atoms with Crippen molar-refractivity contribution in [2.24, 2.45) is 5.92 Å². The Bertz CT molecular complexity index is 1570. The van der Waals surface area contributed by atoms with Crippen molar-refractivity contribution in [3.05, 3.63) is 36.2 Å². The number of nitrogens with zero attached hydrogens (tertiary/aromatic N) is 6. The van der Waals surface area contributed by atoms with Crippen LogP contribution in [0.5, 0.6) is 5.75 Å². The van der Waals surface area contributed by atoms with Gasteiger partial charge in [-0.2, -0.15) is 0 Å². The number of hydrogen-bond acceptors (Lipinski definition) is 10. The van der Waals surface area contributed by atoms with Gasteiger partial charge in [0.2, 0.25) is 0 Å². The number of hydrogen-bond donors (Lipinski definition) is 5. The first-order valence-corrected chi connectivity index (χ1v) is 14.8. The van der Waals surface area contributed by atoms with Gasteiger partial charge in [-0.25, -0.2) is 19.9 Å². The molecule has 1 aliphatic carbocycles. The molecule has 0 spiro atoms. The molecule has 0 radical (unpaired) electrons. The van der Waals surface area contributed by atoms with E-state index in [0.717, 1.165) is 48.1 Å². The van der Waals surface area contributed by atoms with Gasteiger partial charge in [-0.1, -0.05) is 20.8 Å². The predicted molar refractivity (Wildman–Crippen MR) is 159 cm³/mol. The van der Waals surface area contributed by atoms with E-state index in [2.05, 4.69) is 59.5 Å². The number of nitrogen functional groups attached to an aromatic ring is 1. The van der Waals surface area contributed by atoms with Gasteiger partial charge in [0.15, 0.2) is 17.7 Å². The number of imidazole rings is 2. The van der Waals surface area contributed by atoms with Gasteiger partial charge in [0.25, 0.3) is 0 Å². The molecule has 1 aromatic carbocycles. The molecular formula is C30H42N8O4. The third-order valence-corrected chi connectivity index (χ3v) is 8.98. The molecule has 1 aliphatic heterocycles. The first-order valence-electron chi connectivity index (χ1n) is 14.8. The summed E-state index contributed by atoms with van der Waals surface area (Å²) in [6.45, 7) is 11.1. The minimum absolute atomic E-state index is 0.156. The third kappa shape index (κ3) is 5.21. The summed E-state index contributed by atoms with van der Waals surface area (Å²) < 4.78 is 7.84. The lowest BCUT2D eigenvalue weighted by Crippen LogP contribution is -2.52. The van der Waals surface area contributed by atoms with Crippen LogP contribution in [0.3, 0.4) is 0 Å². The van der Waals surface area contributed by atoms with E-state index in [1.165, 1.54) is 12.7 Å². The van der Waals surface area contributed by atoms with Crippen molar-refractivity contribution in [3.8, 4) is 5.75 Å². The van der Waals surface area contributed by atoms with Crippen LogP contribution >= 0.6 is 0 Å². The summed E-state index contributed by atoms with van der Waals surface area (Å²) in [5, 5.41) is 32.3. The van der Waals surface area contributed by atoms with Crippen molar-refractivity contribution < 1.29 is 20.1 Å². The van der Waals surface area contributed by atoms with E-state index in [0.29, 0.717) is 35.4 Å². The number of aromatic amines is 1. The number of H-pyrrole nitrogens is 1. The molecule has 4 heterocycles. The smallest absolute Gasteiger partial charge is 0.167 e. The number of aliphatic hydroxyl groups is 2. The Balaban J connectivity index is 1.06. The number of anilines is 1. The predicted octanol–water partition coefficient (Wildman–Crippen LogP) is 3.03. The standard InChI is InChI=1S/C30H42N8O4/c1-15(2)37(12-22-25(40)26(41)29(42-22)38-14-34-24-27(31)32-13-33-28(24)38)17-8-16(9-17)6-7-23-35-19-10-18(30(3,4)5)21(39)11-20(19)36-23/h10-11,13-17,22,25-26,29,39-41H,6-9,12H2,1-5H3,(H,35,36)(H2,31,32,33)/t16-,17+,22-,25-,26-,29-/m1/s1. The molecule has 4 aromatic rings. The summed E-state index contributed by atoms with van der Waals surface area (Å²) in [6, 6.07) is 4.41. The number of fused-ring (bicyclic) bond motifs is 2. The van der Waals surface area contributed by atoms with Crippen molar-refractivity contribution >= 4 is 28.0 Å². The lowest BCUT2D eigenvalue weighted by Gasteiger charge is -2.46. The second-order valence-corrected chi connectivity index (χ2v) is 13.3. The summed E-state index contributed by atoms with van der Waals surface area (Å²) in [5.74, 6) is 2.08. The van der Waals surface area contributed by atoms with Crippen LogP contribution in [0.15, 0.2) is 24.8 Å². The fraction of sp³-hybridized carbons (Fsp3) is 0.600. The molecule has 0 amide bonds. The van der Waals surface area contributed by atoms with Gasteiger partial charge in [0, 0.05) is 36.7 Å². The molecule has 2 fully saturated rings. The topological polar surface area (TPSA) is 171 Å². The number of benzene rings is 1. The van der Waals surface area contributed by atoms with Gasteiger partial charge in [0.05, 0.1) is 17.4 Å². The molecule has 2 aliphatic rings. The molecule has 6 N–H and O–H groups in total. The second-order valence-electron chi connectivity index (χ2n) is 13.3. The average molecular weight is 579 g/mol. The highest BCUT2D eigenvalue weighted by Crippen LogP contribution is 2.39. The van der Waals surface area contributed by atoms with Crippen LogP contribution in [0.2, 0.25) is 0 Å². The average Bonchev–Trinajstić information content (AvgIpc) is 3.58. The van der Waals surface area contributed by atoms with Crippen molar-refractivity contribution in [2.75, 3.05) is 12.3 Å². The summed E-state index contributed by atoms with van der Waals surface area (Å²) in [6.07, 6.45) is 3.31. The number of aromatic hydroxyl groups is 1. The lowest BCUT2D eigenvalue weighted by molar-refractivity contribution is -0.0620. The Morgan fingerprint density at radius 2 is 1.90 bits per heavy atom. The van der Waals surface area contributed by atoms with E-state index < -0.39 is 24.5 Å². The van der Waals surface area contributed by atoms with Crippen LogP contribution in [0.1, 0.15) is 71.5 Å². The van der Waals surface area contributed by atoms with Gasteiger partial charge in [0.1, 0.15) is 41.7 Å². The molecule has 3 aromatic heterocycles. The number of phenols is 1. The van der Waals surface area contributed by atoms with Crippen molar-refractivity contribution in [3.63, 3.8) is 0 Å². The van der Waals surface area contributed by atoms with Crippen LogP contribution < -0.4 is 5.73 Å². The number of aliphatic hydroxyl groups excluding tert-OH is 2. The normalized spacial score (nSPS) is 26.6. The first-order chi connectivity index (χ1) is 19.9. The number of aryl methyl sites for hydroxylation is 1. The molecule has 0 unspecified atom stereocenters. The van der Waals surface area contributed by atoms with Gasteiger partial charge in [-0.3, -0.25) is 9.47 Å². The highest BCUT2D eigenvalue weighted by atomic mass is 16.6. The van der Waals surface area contributed by atoms with E-state index in [9.17, 15) is 15.3 Å². The minimum atomic E-state index is -1.13. The maximum Gasteiger partial charge on any atom is 0.167 e. The fourth-order valence-electron chi connectivity index (χ4n) is 6.52. The number of ether oxygens (including phenoxy) is 1. The number of nitrogens with one attached hydrogen (secondary N) is 1. The SMILES string of the molecule is CC(C)N(C[C@H]1O[C@@H](n2cnc3c(N)ncnc32)[C@H](O)[C@@H]1O)[C@H]1C[C@@H](CCc2nc3cc(C(C)(C)C)c(O)cc3[nH]2)C1. The zero-order valence-corrected chi connectivity index (χ0v) is 24.9. The number of aromatic nitrogens is 6. The molecule has 1 saturated carbocycles. The maximum atomic E-state index is 10.9. The number of phenolic OH excluding ortho intramolecular Hbond substituents is 1. The van der Waals surface area contributed by atoms with E-state index in [1.54, 1.807) is 10.6 Å². The van der Waals surface area contributed by atoms with E-state index >= 15 is 0 Å². The van der Waals surface area contributed by atoms with Crippen LogP contribution in [-0.2, 0) is 16.6 Å². The quantitative estimate of drug-likeness (QED) is 0.209. The molecule has 42 heavy (non-hydrogen) atoms. The summed E-state index contributed by atoms with van der Waals surface area (Å²) in [4.78, 5) is 23.1. The molecule has 0 bridgehead atoms. The van der Waals surface area contributed by atoms with Gasteiger partial charge in [-0.15, -0.1) is 0 Å². The van der Waals surface area contributed by atoms with E-state index in [1.807, 2.05) is 6.07 Å². The summed E-state index contributed by atoms with van der Waals surface area (Å²) in [5.41, 5.74) is 9.31. The molecule has 6 rings (SSSR count). The zero-order chi connectivity index (χ0) is 29.9. The Kier molecular flexibility index (Phi) is 7.37. The fourth-order valence-corrected chi connectivity index (χ4v) is 6.52. The Morgan fingerprint density at radius 3 is 2.62 bits per heavy atom. The lowest BCUT2D eigenvalue weighted by atomic mass is 9.76. The van der Waals surface area contributed by atoms with Crippen molar-refractivity contribution in [1.29, 1.82) is 0 Å². The molecule has 12 heteroatoms. The van der Waals surface area contributed by atoms with Crippen LogP contribution in [0.4, 0.5) is 5.82 Å².